The van der Waals surface area contributed by atoms with Crippen molar-refractivity contribution in [3.05, 3.63) is 29.8 Å². The maximum Gasteiger partial charge on any atom is 0.329 e. The lowest BCUT2D eigenvalue weighted by Crippen LogP contribution is -2.44. The number of unbranched alkanes of at least 4 members (excludes halogenated alkanes) is 1. The average molecular weight is 325 g/mol. The molecule has 0 spiro atoms. The smallest absolute Gasteiger partial charge is 0.329 e. The molecule has 2 rings (SSSR count). The highest BCUT2D eigenvalue weighted by atomic mass is 32.2. The summed E-state index contributed by atoms with van der Waals surface area (Å²) >= 11 is 0. The first kappa shape index (κ1) is 17.0. The Balaban J connectivity index is 2.16. The summed E-state index contributed by atoms with van der Waals surface area (Å²) in [5.74, 6) is 0.0977. The molecule has 1 fully saturated rings. The Morgan fingerprint density at radius 2 is 2.18 bits per heavy atom. The van der Waals surface area contributed by atoms with Gasteiger partial charge < -0.3 is 4.74 Å². The number of sulfonamides is 1. The summed E-state index contributed by atoms with van der Waals surface area (Å²) in [4.78, 5) is 12.5. The van der Waals surface area contributed by atoms with Gasteiger partial charge in [0, 0.05) is 6.54 Å². The lowest BCUT2D eigenvalue weighted by atomic mass is 10.1. The molecule has 6 heteroatoms. The van der Waals surface area contributed by atoms with Crippen LogP contribution in [-0.4, -0.2) is 37.0 Å². The lowest BCUT2D eigenvalue weighted by molar-refractivity contribution is -0.138. The van der Waals surface area contributed by atoms with Gasteiger partial charge in [0.1, 0.15) is 11.8 Å². The molecule has 1 aromatic carbocycles. The van der Waals surface area contributed by atoms with E-state index >= 15 is 0 Å². The van der Waals surface area contributed by atoms with Crippen LogP contribution in [0.1, 0.15) is 38.2 Å². The molecule has 1 heterocycles. The summed E-state index contributed by atoms with van der Waals surface area (Å²) in [7, 11) is -3.33. The highest BCUT2D eigenvalue weighted by Crippen LogP contribution is 2.23. The molecule has 0 radical (unpaired) electrons. The number of carbonyl (C=O) groups excluding carboxylic acids is 1. The molecule has 0 saturated carbocycles. The first-order valence-corrected chi connectivity index (χ1v) is 9.33. The molecule has 1 aliphatic rings. The van der Waals surface area contributed by atoms with Gasteiger partial charge in [-0.05, 0) is 37.5 Å². The van der Waals surface area contributed by atoms with Crippen molar-refractivity contribution in [3.8, 4) is 5.75 Å². The quantitative estimate of drug-likeness (QED) is 0.595. The van der Waals surface area contributed by atoms with E-state index in [1.165, 1.54) is 4.31 Å². The van der Waals surface area contributed by atoms with E-state index < -0.39 is 22.0 Å². The third kappa shape index (κ3) is 4.08. The van der Waals surface area contributed by atoms with Gasteiger partial charge in [-0.25, -0.2) is 13.2 Å². The van der Waals surface area contributed by atoms with Crippen LogP contribution in [0.5, 0.6) is 5.75 Å². The Bertz CT molecular complexity index is 627. The summed E-state index contributed by atoms with van der Waals surface area (Å²) in [5.41, 5.74) is 0.990. The largest absolute Gasteiger partial charge is 0.425 e. The highest BCUT2D eigenvalue weighted by molar-refractivity contribution is 7.89. The van der Waals surface area contributed by atoms with E-state index in [1.807, 2.05) is 26.0 Å². The van der Waals surface area contributed by atoms with Gasteiger partial charge in [-0.2, -0.15) is 4.31 Å². The van der Waals surface area contributed by atoms with Gasteiger partial charge in [-0.15, -0.1) is 0 Å². The molecule has 1 aliphatic heterocycles. The van der Waals surface area contributed by atoms with Crippen LogP contribution in [0, 0.1) is 6.92 Å². The van der Waals surface area contributed by atoms with Crippen molar-refractivity contribution in [2.24, 2.45) is 0 Å². The zero-order chi connectivity index (χ0) is 16.2. The minimum atomic E-state index is -3.33. The number of benzene rings is 1. The number of ether oxygens (including phenoxy) is 1. The Morgan fingerprint density at radius 1 is 1.41 bits per heavy atom. The van der Waals surface area contributed by atoms with Gasteiger partial charge >= 0.3 is 5.97 Å². The van der Waals surface area contributed by atoms with Crippen molar-refractivity contribution < 1.29 is 17.9 Å². The molecule has 5 nitrogen and oxygen atoms in total. The molecule has 0 unspecified atom stereocenters. The van der Waals surface area contributed by atoms with Crippen molar-refractivity contribution in [1.29, 1.82) is 0 Å². The molecule has 1 saturated heterocycles. The van der Waals surface area contributed by atoms with Crippen molar-refractivity contribution in [3.63, 3.8) is 0 Å². The van der Waals surface area contributed by atoms with Crippen LogP contribution in [0.15, 0.2) is 24.3 Å². The number of hydrogen-bond donors (Lipinski definition) is 0. The fraction of sp³-hybridized carbons (Fsp3) is 0.562. The predicted molar refractivity (Wildman–Crippen MR) is 85.2 cm³/mol. The Morgan fingerprint density at radius 3 is 2.77 bits per heavy atom. The normalized spacial score (nSPS) is 19.0. The van der Waals surface area contributed by atoms with Gasteiger partial charge in [-0.3, -0.25) is 0 Å². The molecule has 0 aliphatic carbocycles. The molecular weight excluding hydrogens is 302 g/mol. The molecule has 0 N–H and O–H groups in total. The number of hydrogen-bond acceptors (Lipinski definition) is 4. The average Bonchev–Trinajstić information content (AvgIpc) is 2.79. The van der Waals surface area contributed by atoms with E-state index in [0.29, 0.717) is 25.1 Å². The van der Waals surface area contributed by atoms with Crippen LogP contribution < -0.4 is 4.74 Å². The van der Waals surface area contributed by atoms with Gasteiger partial charge in [0.2, 0.25) is 10.0 Å². The number of esters is 1. The summed E-state index contributed by atoms with van der Waals surface area (Å²) in [6, 6.07) is 6.49. The number of carbonyl (C=O) groups is 1. The minimum Gasteiger partial charge on any atom is -0.425 e. The van der Waals surface area contributed by atoms with Crippen LogP contribution in [0.25, 0.3) is 0 Å². The highest BCUT2D eigenvalue weighted by Gasteiger charge is 2.38. The Labute approximate surface area is 132 Å². The van der Waals surface area contributed by atoms with Crippen LogP contribution in [0.4, 0.5) is 0 Å². The minimum absolute atomic E-state index is 0.118. The monoisotopic (exact) mass is 325 g/mol. The van der Waals surface area contributed by atoms with Crippen LogP contribution in [0.2, 0.25) is 0 Å². The van der Waals surface area contributed by atoms with Crippen LogP contribution in [-0.2, 0) is 14.8 Å². The zero-order valence-electron chi connectivity index (χ0n) is 13.1. The van der Waals surface area contributed by atoms with E-state index in [0.717, 1.165) is 18.4 Å². The van der Waals surface area contributed by atoms with Gasteiger partial charge in [0.15, 0.2) is 0 Å². The molecule has 1 aromatic rings. The summed E-state index contributed by atoms with van der Waals surface area (Å²) in [6.45, 7) is 4.33. The molecule has 22 heavy (non-hydrogen) atoms. The molecule has 0 amide bonds. The Kier molecular flexibility index (Phi) is 5.58. The first-order chi connectivity index (χ1) is 10.4. The topological polar surface area (TPSA) is 63.7 Å². The predicted octanol–water partition coefficient (Wildman–Crippen LogP) is 2.49. The van der Waals surface area contributed by atoms with Crippen LogP contribution in [0.3, 0.4) is 0 Å². The van der Waals surface area contributed by atoms with Gasteiger partial charge in [0.25, 0.3) is 0 Å². The van der Waals surface area contributed by atoms with E-state index in [9.17, 15) is 13.2 Å². The second-order valence-electron chi connectivity index (χ2n) is 5.68. The number of rotatable bonds is 6. The van der Waals surface area contributed by atoms with E-state index in [1.54, 1.807) is 12.1 Å². The van der Waals surface area contributed by atoms with Crippen molar-refractivity contribution >= 4 is 16.0 Å². The molecule has 0 aromatic heterocycles. The summed E-state index contributed by atoms with van der Waals surface area (Å²) < 4.78 is 30.9. The second-order valence-corrected chi connectivity index (χ2v) is 7.72. The van der Waals surface area contributed by atoms with E-state index in [2.05, 4.69) is 0 Å². The second kappa shape index (κ2) is 7.24. The van der Waals surface area contributed by atoms with Crippen molar-refractivity contribution in [2.45, 2.75) is 45.6 Å². The standard InChI is InChI=1S/C16H23NO4S/c1-3-4-9-15(17-10-6-11-22(17,19)20)16(18)21-14-8-5-7-13(2)12-14/h5,7-8,12,15H,3-4,6,9-11H2,1-2H3/t15-/m1/s1. The first-order valence-electron chi connectivity index (χ1n) is 7.72. The van der Waals surface area contributed by atoms with E-state index in [-0.39, 0.29) is 5.75 Å². The fourth-order valence-electron chi connectivity index (χ4n) is 2.65. The summed E-state index contributed by atoms with van der Waals surface area (Å²) in [6.07, 6.45) is 2.77. The molecular formula is C16H23NO4S. The van der Waals surface area contributed by atoms with Crippen LogP contribution >= 0.6 is 0 Å². The maximum absolute atomic E-state index is 12.5. The molecule has 122 valence electrons. The third-order valence-corrected chi connectivity index (χ3v) is 5.75. The number of nitrogens with zero attached hydrogens (tertiary/aromatic N) is 1. The molecule has 0 bridgehead atoms. The Hall–Kier alpha value is -1.40. The fourth-order valence-corrected chi connectivity index (χ4v) is 4.36. The maximum atomic E-state index is 12.5. The number of aryl methyl sites for hydroxylation is 1. The van der Waals surface area contributed by atoms with Gasteiger partial charge in [0.05, 0.1) is 5.75 Å². The SMILES string of the molecule is CCCC[C@H](C(=O)Oc1cccc(C)c1)N1CCCS1(=O)=O. The van der Waals surface area contributed by atoms with Crippen molar-refractivity contribution in [1.82, 2.24) is 4.31 Å². The summed E-state index contributed by atoms with van der Waals surface area (Å²) in [5, 5.41) is 0. The van der Waals surface area contributed by atoms with Gasteiger partial charge in [-0.1, -0.05) is 31.9 Å². The van der Waals surface area contributed by atoms with Crippen molar-refractivity contribution in [2.75, 3.05) is 12.3 Å². The molecule has 1 atom stereocenters. The van der Waals surface area contributed by atoms with E-state index in [4.69, 9.17) is 4.74 Å². The lowest BCUT2D eigenvalue weighted by Gasteiger charge is -2.24. The zero-order valence-corrected chi connectivity index (χ0v) is 13.9. The third-order valence-electron chi connectivity index (χ3n) is 3.80.